The van der Waals surface area contributed by atoms with Crippen molar-refractivity contribution in [1.82, 2.24) is 10.2 Å². The number of hydrogen-bond acceptors (Lipinski definition) is 2. The standard InChI is InChI=1S/C9H16N2O2/c1-3-7-11(2)8-5-4-6-10-9(12)13/h1,10H,4-8H2,2H3,(H,12,13). The molecule has 0 radical (unpaired) electrons. The molecule has 4 nitrogen and oxygen atoms in total. The van der Waals surface area contributed by atoms with Gasteiger partial charge in [-0.05, 0) is 26.4 Å². The van der Waals surface area contributed by atoms with Gasteiger partial charge in [0.15, 0.2) is 0 Å². The number of nitrogens with one attached hydrogen (secondary N) is 1. The molecule has 0 bridgehead atoms. The Labute approximate surface area is 78.9 Å². The second-order valence-electron chi connectivity index (χ2n) is 2.88. The second-order valence-corrected chi connectivity index (χ2v) is 2.88. The Morgan fingerprint density at radius 1 is 1.62 bits per heavy atom. The zero-order valence-electron chi connectivity index (χ0n) is 7.92. The molecule has 0 rings (SSSR count). The Hall–Kier alpha value is -1.21. The van der Waals surface area contributed by atoms with E-state index in [1.807, 2.05) is 11.9 Å². The molecule has 0 aliphatic heterocycles. The van der Waals surface area contributed by atoms with Crippen molar-refractivity contribution in [3.8, 4) is 12.3 Å². The van der Waals surface area contributed by atoms with Crippen molar-refractivity contribution in [3.63, 3.8) is 0 Å². The van der Waals surface area contributed by atoms with Crippen molar-refractivity contribution < 1.29 is 9.90 Å². The summed E-state index contributed by atoms with van der Waals surface area (Å²) in [4.78, 5) is 12.1. The molecule has 0 atom stereocenters. The summed E-state index contributed by atoms with van der Waals surface area (Å²) < 4.78 is 0. The largest absolute Gasteiger partial charge is 0.465 e. The van der Waals surface area contributed by atoms with Gasteiger partial charge >= 0.3 is 6.09 Å². The van der Waals surface area contributed by atoms with Gasteiger partial charge in [-0.3, -0.25) is 4.90 Å². The molecule has 0 unspecified atom stereocenters. The molecule has 0 heterocycles. The molecule has 0 spiro atoms. The molecule has 0 aromatic carbocycles. The SMILES string of the molecule is C#CCN(C)CCCCNC(=O)O. The zero-order valence-corrected chi connectivity index (χ0v) is 7.92. The van der Waals surface area contributed by atoms with Gasteiger partial charge in [0.1, 0.15) is 0 Å². The van der Waals surface area contributed by atoms with Crippen LogP contribution in [0.1, 0.15) is 12.8 Å². The molecule has 0 aromatic rings. The smallest absolute Gasteiger partial charge is 0.404 e. The molecule has 2 N–H and O–H groups in total. The lowest BCUT2D eigenvalue weighted by Gasteiger charge is -2.12. The van der Waals surface area contributed by atoms with E-state index >= 15 is 0 Å². The highest BCUT2D eigenvalue weighted by molar-refractivity contribution is 5.64. The van der Waals surface area contributed by atoms with Gasteiger partial charge in [0.05, 0.1) is 6.54 Å². The Balaban J connectivity index is 3.16. The van der Waals surface area contributed by atoms with E-state index in [2.05, 4.69) is 11.2 Å². The van der Waals surface area contributed by atoms with Gasteiger partial charge in [-0.25, -0.2) is 4.79 Å². The van der Waals surface area contributed by atoms with Crippen LogP contribution in [-0.4, -0.2) is 42.8 Å². The van der Waals surface area contributed by atoms with E-state index in [1.54, 1.807) is 0 Å². The molecule has 0 saturated heterocycles. The van der Waals surface area contributed by atoms with Gasteiger partial charge in [0.25, 0.3) is 0 Å². The van der Waals surface area contributed by atoms with Crippen molar-refractivity contribution in [2.24, 2.45) is 0 Å². The fraction of sp³-hybridized carbons (Fsp3) is 0.667. The van der Waals surface area contributed by atoms with Crippen molar-refractivity contribution in [2.75, 3.05) is 26.7 Å². The summed E-state index contributed by atoms with van der Waals surface area (Å²) in [6.07, 6.45) is 5.96. The molecule has 4 heteroatoms. The Morgan fingerprint density at radius 3 is 2.85 bits per heavy atom. The van der Waals surface area contributed by atoms with Gasteiger partial charge in [-0.2, -0.15) is 0 Å². The van der Waals surface area contributed by atoms with E-state index < -0.39 is 6.09 Å². The summed E-state index contributed by atoms with van der Waals surface area (Å²) in [6.45, 7) is 2.07. The van der Waals surface area contributed by atoms with Gasteiger partial charge < -0.3 is 10.4 Å². The predicted octanol–water partition coefficient (Wildman–Crippen LogP) is 0.599. The van der Waals surface area contributed by atoms with Crippen molar-refractivity contribution in [3.05, 3.63) is 0 Å². The van der Waals surface area contributed by atoms with E-state index in [1.165, 1.54) is 0 Å². The van der Waals surface area contributed by atoms with Crippen LogP contribution in [-0.2, 0) is 0 Å². The van der Waals surface area contributed by atoms with Crippen molar-refractivity contribution >= 4 is 6.09 Å². The normalized spacial score (nSPS) is 9.62. The first-order chi connectivity index (χ1) is 6.16. The van der Waals surface area contributed by atoms with E-state index in [4.69, 9.17) is 11.5 Å². The highest BCUT2D eigenvalue weighted by Gasteiger charge is 1.96. The Morgan fingerprint density at radius 2 is 2.31 bits per heavy atom. The minimum Gasteiger partial charge on any atom is -0.465 e. The van der Waals surface area contributed by atoms with Crippen LogP contribution in [0.15, 0.2) is 0 Å². The Kier molecular flexibility index (Phi) is 6.75. The third kappa shape index (κ3) is 8.70. The van der Waals surface area contributed by atoms with E-state index in [0.717, 1.165) is 19.4 Å². The summed E-state index contributed by atoms with van der Waals surface area (Å²) in [6, 6.07) is 0. The van der Waals surface area contributed by atoms with Gasteiger partial charge in [0.2, 0.25) is 0 Å². The number of hydrogen-bond donors (Lipinski definition) is 2. The van der Waals surface area contributed by atoms with E-state index in [9.17, 15) is 4.79 Å². The monoisotopic (exact) mass is 184 g/mol. The van der Waals surface area contributed by atoms with Gasteiger partial charge in [0, 0.05) is 6.54 Å². The predicted molar refractivity (Wildman–Crippen MR) is 51.6 cm³/mol. The minimum atomic E-state index is -0.961. The fourth-order valence-electron chi connectivity index (χ4n) is 0.937. The molecule has 0 aromatic heterocycles. The van der Waals surface area contributed by atoms with Crippen molar-refractivity contribution in [2.45, 2.75) is 12.8 Å². The third-order valence-electron chi connectivity index (χ3n) is 1.60. The number of carbonyl (C=O) groups is 1. The quantitative estimate of drug-likeness (QED) is 0.469. The molecule has 0 aliphatic carbocycles. The molecule has 74 valence electrons. The number of terminal acetylenes is 1. The van der Waals surface area contributed by atoms with Gasteiger partial charge in [-0.15, -0.1) is 6.42 Å². The maximum absolute atomic E-state index is 10.1. The number of carboxylic acid groups (broad SMARTS) is 1. The molecular formula is C9H16N2O2. The second kappa shape index (κ2) is 7.44. The summed E-state index contributed by atoms with van der Waals surface area (Å²) >= 11 is 0. The molecule has 0 saturated carbocycles. The molecule has 13 heavy (non-hydrogen) atoms. The van der Waals surface area contributed by atoms with Crippen LogP contribution in [0.2, 0.25) is 0 Å². The van der Waals surface area contributed by atoms with Crippen LogP contribution in [0.4, 0.5) is 4.79 Å². The molecule has 0 aliphatic rings. The minimum absolute atomic E-state index is 0.513. The summed E-state index contributed by atoms with van der Waals surface area (Å²) in [7, 11) is 1.95. The summed E-state index contributed by atoms with van der Waals surface area (Å²) in [5.74, 6) is 2.54. The number of rotatable bonds is 6. The van der Waals surface area contributed by atoms with Crippen LogP contribution in [0, 0.1) is 12.3 Å². The van der Waals surface area contributed by atoms with Gasteiger partial charge in [-0.1, -0.05) is 5.92 Å². The first kappa shape index (κ1) is 11.8. The first-order valence-electron chi connectivity index (χ1n) is 4.25. The average molecular weight is 184 g/mol. The average Bonchev–Trinajstić information content (AvgIpc) is 2.03. The molecule has 0 fully saturated rings. The lowest BCUT2D eigenvalue weighted by molar-refractivity contribution is 0.194. The third-order valence-corrected chi connectivity index (χ3v) is 1.60. The molecule has 1 amide bonds. The Bertz CT molecular complexity index is 187. The van der Waals surface area contributed by atoms with Crippen LogP contribution in [0.25, 0.3) is 0 Å². The first-order valence-corrected chi connectivity index (χ1v) is 4.25. The van der Waals surface area contributed by atoms with Crippen molar-refractivity contribution in [1.29, 1.82) is 0 Å². The number of nitrogens with zero attached hydrogens (tertiary/aromatic N) is 1. The maximum atomic E-state index is 10.1. The fourth-order valence-corrected chi connectivity index (χ4v) is 0.937. The number of unbranched alkanes of at least 4 members (excludes halogenated alkanes) is 1. The highest BCUT2D eigenvalue weighted by atomic mass is 16.4. The van der Waals surface area contributed by atoms with Crippen LogP contribution >= 0.6 is 0 Å². The van der Waals surface area contributed by atoms with Crippen LogP contribution < -0.4 is 5.32 Å². The summed E-state index contributed by atoms with van der Waals surface area (Å²) in [5, 5.41) is 10.6. The maximum Gasteiger partial charge on any atom is 0.404 e. The van der Waals surface area contributed by atoms with E-state index in [-0.39, 0.29) is 0 Å². The molecular weight excluding hydrogens is 168 g/mol. The number of amides is 1. The lowest BCUT2D eigenvalue weighted by Crippen LogP contribution is -2.24. The summed E-state index contributed by atoms with van der Waals surface area (Å²) in [5.41, 5.74) is 0. The zero-order chi connectivity index (χ0) is 10.1. The van der Waals surface area contributed by atoms with Crippen LogP contribution in [0.3, 0.4) is 0 Å². The van der Waals surface area contributed by atoms with E-state index in [0.29, 0.717) is 13.1 Å². The van der Waals surface area contributed by atoms with Crippen LogP contribution in [0.5, 0.6) is 0 Å². The highest BCUT2D eigenvalue weighted by Crippen LogP contribution is 1.90. The lowest BCUT2D eigenvalue weighted by atomic mass is 10.3. The topological polar surface area (TPSA) is 52.6 Å².